The van der Waals surface area contributed by atoms with Crippen molar-refractivity contribution in [2.75, 3.05) is 13.1 Å². The molecular formula is C24H28N6O3. The van der Waals surface area contributed by atoms with Gasteiger partial charge >= 0.3 is 6.03 Å². The summed E-state index contributed by atoms with van der Waals surface area (Å²) in [7, 11) is 3.72. The molecule has 0 bridgehead atoms. The van der Waals surface area contributed by atoms with Crippen LogP contribution in [0.3, 0.4) is 0 Å². The maximum Gasteiger partial charge on any atom is 0.317 e. The number of benzene rings is 1. The lowest BCUT2D eigenvalue weighted by Crippen LogP contribution is -2.56. The fraction of sp³-hybridized carbons (Fsp3) is 0.500. The van der Waals surface area contributed by atoms with E-state index in [1.165, 1.54) is 10.9 Å². The van der Waals surface area contributed by atoms with E-state index in [-0.39, 0.29) is 17.9 Å². The summed E-state index contributed by atoms with van der Waals surface area (Å²) >= 11 is 0. The molecule has 0 radical (unpaired) electrons. The smallest absolute Gasteiger partial charge is 0.317 e. The Morgan fingerprint density at radius 1 is 1.12 bits per heavy atom. The van der Waals surface area contributed by atoms with E-state index in [0.29, 0.717) is 49.7 Å². The molecule has 1 saturated carbocycles. The van der Waals surface area contributed by atoms with Gasteiger partial charge in [0.2, 0.25) is 0 Å². The molecule has 1 aromatic carbocycles. The average Bonchev–Trinajstić information content (AvgIpc) is 3.33. The number of fused-ring (bicyclic) bond motifs is 2. The van der Waals surface area contributed by atoms with Crippen LogP contribution in [-0.4, -0.2) is 61.0 Å². The quantitative estimate of drug-likeness (QED) is 0.651. The zero-order chi connectivity index (χ0) is 22.7. The summed E-state index contributed by atoms with van der Waals surface area (Å²) in [6.07, 6.45) is 7.09. The zero-order valence-electron chi connectivity index (χ0n) is 19.0. The van der Waals surface area contributed by atoms with Crippen LogP contribution in [0.1, 0.15) is 54.1 Å². The molecule has 33 heavy (non-hydrogen) atoms. The summed E-state index contributed by atoms with van der Waals surface area (Å²) in [5.41, 5.74) is 2.49. The third-order valence-electron chi connectivity index (χ3n) is 7.67. The number of carbonyl (C=O) groups is 2. The van der Waals surface area contributed by atoms with Crippen molar-refractivity contribution in [2.24, 2.45) is 14.1 Å². The second-order valence-electron chi connectivity index (χ2n) is 9.72. The van der Waals surface area contributed by atoms with Crippen LogP contribution in [-0.2, 0) is 14.1 Å². The first kappa shape index (κ1) is 20.3. The van der Waals surface area contributed by atoms with Gasteiger partial charge in [-0.15, -0.1) is 0 Å². The minimum Gasteiger partial charge on any atom is -0.483 e. The predicted molar refractivity (Wildman–Crippen MR) is 121 cm³/mol. The lowest BCUT2D eigenvalue weighted by atomic mass is 9.75. The minimum atomic E-state index is -0.520. The Morgan fingerprint density at radius 3 is 2.67 bits per heavy atom. The van der Waals surface area contributed by atoms with Gasteiger partial charge in [-0.25, -0.2) is 4.79 Å². The molecule has 3 aliphatic rings. The number of urea groups is 1. The van der Waals surface area contributed by atoms with Crippen molar-refractivity contribution in [3.8, 4) is 5.75 Å². The van der Waals surface area contributed by atoms with Gasteiger partial charge in [0.05, 0.1) is 24.3 Å². The lowest BCUT2D eigenvalue weighted by molar-refractivity contribution is -0.00159. The van der Waals surface area contributed by atoms with Crippen LogP contribution in [0.2, 0.25) is 0 Å². The molecule has 1 N–H and O–H groups in total. The molecule has 6 rings (SSSR count). The number of amides is 2. The van der Waals surface area contributed by atoms with Crippen LogP contribution in [0.15, 0.2) is 30.6 Å². The molecule has 1 saturated heterocycles. The van der Waals surface area contributed by atoms with E-state index < -0.39 is 5.60 Å². The van der Waals surface area contributed by atoms with E-state index in [9.17, 15) is 9.59 Å². The first-order chi connectivity index (χ1) is 15.9. The van der Waals surface area contributed by atoms with Gasteiger partial charge in [0.15, 0.2) is 11.5 Å². The number of aromatic nitrogens is 4. The molecule has 2 aromatic heterocycles. The third-order valence-corrected chi connectivity index (χ3v) is 7.67. The molecular weight excluding hydrogens is 420 g/mol. The number of ketones is 1. The largest absolute Gasteiger partial charge is 0.483 e. The molecule has 0 unspecified atom stereocenters. The number of hydrogen-bond acceptors (Lipinski definition) is 5. The van der Waals surface area contributed by atoms with Crippen molar-refractivity contribution >= 4 is 22.7 Å². The Bertz CT molecular complexity index is 1250. The third kappa shape index (κ3) is 3.29. The summed E-state index contributed by atoms with van der Waals surface area (Å²) in [6.45, 7) is 1.17. The highest BCUT2D eigenvalue weighted by Crippen LogP contribution is 2.41. The fourth-order valence-corrected chi connectivity index (χ4v) is 5.66. The highest BCUT2D eigenvalue weighted by Gasteiger charge is 2.45. The van der Waals surface area contributed by atoms with Crippen molar-refractivity contribution in [1.29, 1.82) is 0 Å². The molecule has 172 valence electrons. The van der Waals surface area contributed by atoms with Crippen LogP contribution in [0.4, 0.5) is 4.79 Å². The van der Waals surface area contributed by atoms with Gasteiger partial charge in [-0.3, -0.25) is 14.2 Å². The SMILES string of the molecule is Cn1ncc2c1C(=O)CC1(CCN(C(=O)NC3CC(c4cccc5c4cnn5C)C3)CC1)O2. The van der Waals surface area contributed by atoms with Gasteiger partial charge in [-0.2, -0.15) is 10.2 Å². The average molecular weight is 449 g/mol. The Balaban J connectivity index is 1.04. The molecule has 4 heterocycles. The van der Waals surface area contributed by atoms with Crippen LogP contribution in [0.5, 0.6) is 5.75 Å². The van der Waals surface area contributed by atoms with Crippen molar-refractivity contribution in [2.45, 2.75) is 49.7 Å². The molecule has 3 aromatic rings. The summed E-state index contributed by atoms with van der Waals surface area (Å²) in [6, 6.07) is 6.52. The van der Waals surface area contributed by atoms with E-state index >= 15 is 0 Å². The summed E-state index contributed by atoms with van der Waals surface area (Å²) < 4.78 is 9.70. The normalized spacial score (nSPS) is 23.8. The molecule has 1 spiro atoms. The molecule has 1 aliphatic carbocycles. The number of aryl methyl sites for hydroxylation is 2. The van der Waals surface area contributed by atoms with E-state index in [1.807, 2.05) is 22.8 Å². The Morgan fingerprint density at radius 2 is 1.88 bits per heavy atom. The van der Waals surface area contributed by atoms with Gasteiger partial charge in [0, 0.05) is 51.5 Å². The van der Waals surface area contributed by atoms with Crippen LogP contribution in [0.25, 0.3) is 10.9 Å². The number of rotatable bonds is 2. The van der Waals surface area contributed by atoms with Crippen molar-refractivity contribution in [3.63, 3.8) is 0 Å². The Labute approximate surface area is 191 Å². The van der Waals surface area contributed by atoms with Gasteiger partial charge < -0.3 is 15.0 Å². The second kappa shape index (κ2) is 7.33. The molecule has 9 nitrogen and oxygen atoms in total. The summed E-state index contributed by atoms with van der Waals surface area (Å²) in [4.78, 5) is 27.4. The first-order valence-electron chi connectivity index (χ1n) is 11.6. The Kier molecular flexibility index (Phi) is 4.50. The van der Waals surface area contributed by atoms with Gasteiger partial charge in [0.25, 0.3) is 0 Å². The standard InChI is InChI=1S/C24H28N6O3/c1-28-19-5-3-4-17(18(19)13-25-28)15-10-16(11-15)27-23(32)30-8-6-24(7-9-30)12-20(31)22-21(33-24)14-26-29(22)2/h3-5,13-16H,6-12H2,1-2H3,(H,27,32). The zero-order valence-corrected chi connectivity index (χ0v) is 19.0. The topological polar surface area (TPSA) is 94.3 Å². The fourth-order valence-electron chi connectivity index (χ4n) is 5.66. The van der Waals surface area contributed by atoms with Crippen LogP contribution >= 0.6 is 0 Å². The minimum absolute atomic E-state index is 0.0166. The van der Waals surface area contributed by atoms with Crippen LogP contribution < -0.4 is 10.1 Å². The van der Waals surface area contributed by atoms with Crippen molar-refractivity contribution < 1.29 is 14.3 Å². The number of piperidine rings is 1. The van der Waals surface area contributed by atoms with Gasteiger partial charge in [0.1, 0.15) is 11.3 Å². The highest BCUT2D eigenvalue weighted by atomic mass is 16.5. The number of likely N-dealkylation sites (tertiary alicyclic amines) is 1. The molecule has 0 atom stereocenters. The monoisotopic (exact) mass is 448 g/mol. The molecule has 2 aliphatic heterocycles. The summed E-state index contributed by atoms with van der Waals surface area (Å²) in [5, 5.41) is 12.9. The number of nitrogens with zero attached hydrogens (tertiary/aromatic N) is 5. The first-order valence-corrected chi connectivity index (χ1v) is 11.6. The second-order valence-corrected chi connectivity index (χ2v) is 9.72. The predicted octanol–water partition coefficient (Wildman–Crippen LogP) is 2.76. The van der Waals surface area contributed by atoms with E-state index in [0.717, 1.165) is 18.4 Å². The molecule has 9 heteroatoms. The number of nitrogens with one attached hydrogen (secondary N) is 1. The van der Waals surface area contributed by atoms with Crippen LogP contribution in [0, 0.1) is 0 Å². The number of ether oxygens (including phenoxy) is 1. The number of hydrogen-bond donors (Lipinski definition) is 1. The van der Waals surface area contributed by atoms with Gasteiger partial charge in [-0.05, 0) is 30.4 Å². The number of carbonyl (C=O) groups excluding carboxylic acids is 2. The molecule has 2 fully saturated rings. The maximum absolute atomic E-state index is 12.9. The number of Topliss-reactive ketones (excluding diaryl/α,β-unsaturated/α-hetero) is 1. The van der Waals surface area contributed by atoms with Crippen molar-refractivity contribution in [1.82, 2.24) is 29.8 Å². The van der Waals surface area contributed by atoms with E-state index in [2.05, 4.69) is 33.7 Å². The summed E-state index contributed by atoms with van der Waals surface area (Å²) in [5.74, 6) is 1.08. The van der Waals surface area contributed by atoms with E-state index in [1.54, 1.807) is 17.9 Å². The highest BCUT2D eigenvalue weighted by molar-refractivity contribution is 5.98. The molecule has 2 amide bonds. The Hall–Kier alpha value is -3.36. The lowest BCUT2D eigenvalue weighted by Gasteiger charge is -2.44. The maximum atomic E-state index is 12.9. The van der Waals surface area contributed by atoms with E-state index in [4.69, 9.17) is 4.74 Å². The van der Waals surface area contributed by atoms with Crippen molar-refractivity contribution in [3.05, 3.63) is 41.9 Å². The van der Waals surface area contributed by atoms with Gasteiger partial charge in [-0.1, -0.05) is 12.1 Å².